The summed E-state index contributed by atoms with van der Waals surface area (Å²) in [5.41, 5.74) is 1.13. The van der Waals surface area contributed by atoms with Gasteiger partial charge < -0.3 is 14.6 Å². The molecule has 0 unspecified atom stereocenters. The highest BCUT2D eigenvalue weighted by Gasteiger charge is 2.07. The first-order chi connectivity index (χ1) is 9.70. The smallest absolute Gasteiger partial charge is 0.170 e. The maximum Gasteiger partial charge on any atom is 0.170 e. The molecule has 0 radical (unpaired) electrons. The van der Waals surface area contributed by atoms with Crippen molar-refractivity contribution >= 4 is 15.9 Å². The molecule has 1 heterocycles. The molecule has 20 heavy (non-hydrogen) atoms. The SMILES string of the molecule is CCCNCc1cc(Br)ccc1OCc1nncn1C. The van der Waals surface area contributed by atoms with E-state index in [9.17, 15) is 0 Å². The maximum atomic E-state index is 5.86. The van der Waals surface area contributed by atoms with Gasteiger partial charge in [-0.15, -0.1) is 10.2 Å². The first-order valence-electron chi connectivity index (χ1n) is 6.65. The predicted molar refractivity (Wildman–Crippen MR) is 81.5 cm³/mol. The highest BCUT2D eigenvalue weighted by Crippen LogP contribution is 2.24. The monoisotopic (exact) mass is 338 g/mol. The van der Waals surface area contributed by atoms with Gasteiger partial charge in [0.25, 0.3) is 0 Å². The van der Waals surface area contributed by atoms with E-state index in [-0.39, 0.29) is 0 Å². The Labute approximate surface area is 127 Å². The standard InChI is InChI=1S/C14H19BrN4O/c1-3-6-16-8-11-7-12(15)4-5-13(11)20-9-14-18-17-10-19(14)2/h4-5,7,10,16H,3,6,8-9H2,1-2H3. The fraction of sp³-hybridized carbons (Fsp3) is 0.429. The molecule has 5 nitrogen and oxygen atoms in total. The van der Waals surface area contributed by atoms with Gasteiger partial charge in [-0.2, -0.15) is 0 Å². The number of nitrogens with one attached hydrogen (secondary N) is 1. The summed E-state index contributed by atoms with van der Waals surface area (Å²) in [6.45, 7) is 4.36. The molecule has 0 fully saturated rings. The van der Waals surface area contributed by atoms with E-state index >= 15 is 0 Å². The topological polar surface area (TPSA) is 52.0 Å². The van der Waals surface area contributed by atoms with Crippen molar-refractivity contribution in [3.63, 3.8) is 0 Å². The molecule has 6 heteroatoms. The van der Waals surface area contributed by atoms with Crippen molar-refractivity contribution in [1.82, 2.24) is 20.1 Å². The Balaban J connectivity index is 2.04. The number of halogens is 1. The van der Waals surface area contributed by atoms with E-state index in [2.05, 4.69) is 44.4 Å². The zero-order valence-corrected chi connectivity index (χ0v) is 13.4. The van der Waals surface area contributed by atoms with Crippen LogP contribution in [0.2, 0.25) is 0 Å². The van der Waals surface area contributed by atoms with Crippen molar-refractivity contribution in [2.45, 2.75) is 26.5 Å². The highest BCUT2D eigenvalue weighted by molar-refractivity contribution is 9.10. The van der Waals surface area contributed by atoms with E-state index in [0.717, 1.165) is 41.1 Å². The van der Waals surface area contributed by atoms with Crippen LogP contribution in [0.3, 0.4) is 0 Å². The van der Waals surface area contributed by atoms with Crippen LogP contribution < -0.4 is 10.1 Å². The Morgan fingerprint density at radius 3 is 2.95 bits per heavy atom. The van der Waals surface area contributed by atoms with Crippen molar-refractivity contribution in [2.24, 2.45) is 7.05 Å². The van der Waals surface area contributed by atoms with E-state index in [1.165, 1.54) is 0 Å². The van der Waals surface area contributed by atoms with Crippen LogP contribution in [0.5, 0.6) is 5.75 Å². The Morgan fingerprint density at radius 1 is 1.40 bits per heavy atom. The number of aromatic nitrogens is 3. The Bertz CT molecular complexity index is 556. The largest absolute Gasteiger partial charge is 0.485 e. The molecule has 0 aliphatic rings. The summed E-state index contributed by atoms with van der Waals surface area (Å²) in [5, 5.41) is 11.3. The molecule has 0 amide bonds. The molecule has 0 aliphatic heterocycles. The lowest BCUT2D eigenvalue weighted by Gasteiger charge is -2.12. The lowest BCUT2D eigenvalue weighted by atomic mass is 10.2. The molecule has 108 valence electrons. The van der Waals surface area contributed by atoms with Gasteiger partial charge in [-0.1, -0.05) is 22.9 Å². The molecule has 1 N–H and O–H groups in total. The summed E-state index contributed by atoms with van der Waals surface area (Å²) in [4.78, 5) is 0. The minimum absolute atomic E-state index is 0.416. The number of rotatable bonds is 7. The van der Waals surface area contributed by atoms with Crippen LogP contribution in [-0.4, -0.2) is 21.3 Å². The summed E-state index contributed by atoms with van der Waals surface area (Å²) >= 11 is 3.50. The molecule has 0 spiro atoms. The van der Waals surface area contributed by atoms with E-state index in [4.69, 9.17) is 4.74 Å². The molecular weight excluding hydrogens is 320 g/mol. The van der Waals surface area contributed by atoms with Crippen LogP contribution in [-0.2, 0) is 20.2 Å². The third-order valence-electron chi connectivity index (χ3n) is 2.93. The molecule has 0 saturated carbocycles. The van der Waals surface area contributed by atoms with Gasteiger partial charge in [0.15, 0.2) is 5.82 Å². The van der Waals surface area contributed by atoms with Crippen LogP contribution in [0.15, 0.2) is 29.0 Å². The lowest BCUT2D eigenvalue weighted by molar-refractivity contribution is 0.287. The van der Waals surface area contributed by atoms with E-state index in [1.807, 2.05) is 23.7 Å². The molecule has 0 saturated heterocycles. The van der Waals surface area contributed by atoms with Gasteiger partial charge in [0, 0.05) is 23.6 Å². The molecule has 2 rings (SSSR count). The summed E-state index contributed by atoms with van der Waals surface area (Å²) in [5.74, 6) is 1.68. The second kappa shape index (κ2) is 7.40. The van der Waals surface area contributed by atoms with Crippen molar-refractivity contribution in [3.8, 4) is 5.75 Å². The van der Waals surface area contributed by atoms with Crippen molar-refractivity contribution in [1.29, 1.82) is 0 Å². The summed E-state index contributed by atoms with van der Waals surface area (Å²) < 4.78 is 8.77. The average molecular weight is 339 g/mol. The third kappa shape index (κ3) is 4.05. The quantitative estimate of drug-likeness (QED) is 0.788. The van der Waals surface area contributed by atoms with Gasteiger partial charge in [-0.3, -0.25) is 0 Å². The minimum atomic E-state index is 0.416. The number of aryl methyl sites for hydroxylation is 1. The number of ether oxygens (including phenoxy) is 1. The zero-order chi connectivity index (χ0) is 14.4. The fourth-order valence-corrected chi connectivity index (χ4v) is 2.22. The molecule has 1 aromatic carbocycles. The summed E-state index contributed by atoms with van der Waals surface area (Å²) in [7, 11) is 1.91. The van der Waals surface area contributed by atoms with Crippen LogP contribution >= 0.6 is 15.9 Å². The normalized spacial score (nSPS) is 10.8. The van der Waals surface area contributed by atoms with Gasteiger partial charge >= 0.3 is 0 Å². The first kappa shape index (κ1) is 15.0. The zero-order valence-electron chi connectivity index (χ0n) is 11.8. The van der Waals surface area contributed by atoms with Gasteiger partial charge in [0.2, 0.25) is 0 Å². The maximum absolute atomic E-state index is 5.86. The molecule has 0 aliphatic carbocycles. The summed E-state index contributed by atoms with van der Waals surface area (Å²) in [6.07, 6.45) is 2.78. The van der Waals surface area contributed by atoms with Gasteiger partial charge in [-0.25, -0.2) is 0 Å². The van der Waals surface area contributed by atoms with Gasteiger partial charge in [-0.05, 0) is 31.2 Å². The molecular formula is C14H19BrN4O. The Hall–Kier alpha value is -1.40. The van der Waals surface area contributed by atoms with E-state index in [0.29, 0.717) is 6.61 Å². The van der Waals surface area contributed by atoms with Gasteiger partial charge in [0.05, 0.1) is 0 Å². The number of hydrogen-bond acceptors (Lipinski definition) is 4. The molecule has 1 aromatic heterocycles. The second-order valence-corrected chi connectivity index (χ2v) is 5.49. The molecule has 0 atom stereocenters. The second-order valence-electron chi connectivity index (χ2n) is 4.58. The predicted octanol–water partition coefficient (Wildman–Crippen LogP) is 2.66. The number of nitrogens with zero attached hydrogens (tertiary/aromatic N) is 3. The van der Waals surface area contributed by atoms with Crippen LogP contribution in [0.4, 0.5) is 0 Å². The summed E-state index contributed by atoms with van der Waals surface area (Å²) in [6, 6.07) is 6.04. The Morgan fingerprint density at radius 2 is 2.25 bits per heavy atom. The van der Waals surface area contributed by atoms with Crippen molar-refractivity contribution in [2.75, 3.05) is 6.54 Å². The van der Waals surface area contributed by atoms with E-state index < -0.39 is 0 Å². The average Bonchev–Trinajstić information content (AvgIpc) is 2.84. The number of hydrogen-bond donors (Lipinski definition) is 1. The molecule has 2 aromatic rings. The van der Waals surface area contributed by atoms with E-state index in [1.54, 1.807) is 6.33 Å². The first-order valence-corrected chi connectivity index (χ1v) is 7.44. The highest BCUT2D eigenvalue weighted by atomic mass is 79.9. The van der Waals surface area contributed by atoms with Crippen LogP contribution in [0, 0.1) is 0 Å². The minimum Gasteiger partial charge on any atom is -0.485 e. The lowest BCUT2D eigenvalue weighted by Crippen LogP contribution is -2.15. The molecule has 0 bridgehead atoms. The third-order valence-corrected chi connectivity index (χ3v) is 3.42. The van der Waals surface area contributed by atoms with Gasteiger partial charge in [0.1, 0.15) is 18.7 Å². The Kier molecular flexibility index (Phi) is 5.55. The van der Waals surface area contributed by atoms with Crippen molar-refractivity contribution < 1.29 is 4.74 Å². The van der Waals surface area contributed by atoms with Crippen LogP contribution in [0.25, 0.3) is 0 Å². The fourth-order valence-electron chi connectivity index (χ4n) is 1.81. The number of benzene rings is 1. The van der Waals surface area contributed by atoms with Crippen molar-refractivity contribution in [3.05, 3.63) is 40.4 Å². The van der Waals surface area contributed by atoms with Crippen LogP contribution in [0.1, 0.15) is 24.7 Å².